The van der Waals surface area contributed by atoms with Gasteiger partial charge in [-0.05, 0) is 40.0 Å². The Kier molecular flexibility index (Phi) is 6.20. The van der Waals surface area contributed by atoms with Crippen LogP contribution in [-0.4, -0.2) is 36.2 Å². The van der Waals surface area contributed by atoms with Gasteiger partial charge in [0.15, 0.2) is 0 Å². The van der Waals surface area contributed by atoms with Crippen LogP contribution in [0.4, 0.5) is 0 Å². The molecule has 0 aliphatic carbocycles. The Morgan fingerprint density at radius 3 is 2.43 bits per heavy atom. The van der Waals surface area contributed by atoms with Gasteiger partial charge < -0.3 is 14.8 Å². The summed E-state index contributed by atoms with van der Waals surface area (Å²) in [7, 11) is 0. The molecule has 1 aliphatic heterocycles. The van der Waals surface area contributed by atoms with Crippen LogP contribution in [0.1, 0.15) is 54.4 Å². The van der Waals surface area contributed by atoms with Crippen LogP contribution in [0.2, 0.25) is 0 Å². The van der Waals surface area contributed by atoms with Crippen LogP contribution >= 0.6 is 0 Å². The van der Waals surface area contributed by atoms with E-state index in [0.29, 0.717) is 13.0 Å². The lowest BCUT2D eigenvalue weighted by molar-refractivity contribution is -0.160. The predicted octanol–water partition coefficient (Wildman–Crippen LogP) is 2.28. The minimum atomic E-state index is -0.599. The molecule has 1 rings (SSSR count). The second-order valence-corrected chi connectivity index (χ2v) is 6.98. The average molecular weight is 299 g/mol. The molecule has 1 fully saturated rings. The van der Waals surface area contributed by atoms with Crippen molar-refractivity contribution in [3.8, 4) is 0 Å². The number of hydrogen-bond acceptors (Lipinski definition) is 4. The van der Waals surface area contributed by atoms with Gasteiger partial charge in [0.25, 0.3) is 0 Å². The average Bonchev–Trinajstić information content (AvgIpc) is 2.79. The van der Waals surface area contributed by atoms with Gasteiger partial charge in [-0.1, -0.05) is 20.3 Å². The second-order valence-electron chi connectivity index (χ2n) is 6.98. The maximum atomic E-state index is 12.3. The van der Waals surface area contributed by atoms with Crippen molar-refractivity contribution in [1.82, 2.24) is 5.32 Å². The zero-order valence-electron chi connectivity index (χ0n) is 14.1. The fraction of sp³-hybridized carbons (Fsp3) is 0.875. The second kappa shape index (κ2) is 7.25. The van der Waals surface area contributed by atoms with Crippen LogP contribution in [0.5, 0.6) is 0 Å². The first-order valence-electron chi connectivity index (χ1n) is 7.79. The Bertz CT molecular complexity index is 375. The van der Waals surface area contributed by atoms with E-state index in [-0.39, 0.29) is 29.8 Å². The summed E-state index contributed by atoms with van der Waals surface area (Å²) in [5.41, 5.74) is -0.557. The third-order valence-corrected chi connectivity index (χ3v) is 3.74. The number of ether oxygens (including phenoxy) is 2. The van der Waals surface area contributed by atoms with Gasteiger partial charge in [-0.25, -0.2) is 4.79 Å². The summed E-state index contributed by atoms with van der Waals surface area (Å²) < 4.78 is 10.8. The molecule has 1 N–H and O–H groups in total. The highest BCUT2D eigenvalue weighted by Gasteiger charge is 2.34. The Hall–Kier alpha value is -1.10. The van der Waals surface area contributed by atoms with E-state index < -0.39 is 11.6 Å². The fourth-order valence-corrected chi connectivity index (χ4v) is 2.31. The summed E-state index contributed by atoms with van der Waals surface area (Å²) in [6.45, 7) is 11.8. The highest BCUT2D eigenvalue weighted by atomic mass is 16.6. The number of nitrogens with one attached hydrogen (secondary N) is 1. The minimum Gasteiger partial charge on any atom is -0.458 e. The van der Waals surface area contributed by atoms with Crippen LogP contribution in [0.15, 0.2) is 0 Å². The third kappa shape index (κ3) is 5.65. The molecule has 0 radical (unpaired) electrons. The van der Waals surface area contributed by atoms with Crippen LogP contribution in [0.25, 0.3) is 0 Å². The Morgan fingerprint density at radius 2 is 2.00 bits per heavy atom. The fourth-order valence-electron chi connectivity index (χ4n) is 2.31. The Balaban J connectivity index is 2.70. The van der Waals surface area contributed by atoms with Crippen molar-refractivity contribution in [2.24, 2.45) is 11.8 Å². The summed E-state index contributed by atoms with van der Waals surface area (Å²) in [5, 5.41) is 2.86. The van der Waals surface area contributed by atoms with Crippen LogP contribution in [0, 0.1) is 11.8 Å². The van der Waals surface area contributed by atoms with E-state index in [1.165, 1.54) is 0 Å². The first-order valence-corrected chi connectivity index (χ1v) is 7.79. The molecule has 5 nitrogen and oxygen atoms in total. The van der Waals surface area contributed by atoms with Gasteiger partial charge >= 0.3 is 5.97 Å². The van der Waals surface area contributed by atoms with Crippen LogP contribution in [-0.2, 0) is 19.1 Å². The molecule has 2 unspecified atom stereocenters. The van der Waals surface area contributed by atoms with Crippen molar-refractivity contribution in [3.05, 3.63) is 0 Å². The zero-order valence-corrected chi connectivity index (χ0v) is 14.1. The molecule has 122 valence electrons. The standard InChI is InChI=1S/C16H29NO4/c1-7-10(2)13(15(19)21-16(4,5)6)17-14(18)12-8-11(3)20-9-12/h10-13H,7-9H2,1-6H3,(H,17,18)/t10-,11?,12?,13-/m0/s1. The number of carbonyl (C=O) groups excluding carboxylic acids is 2. The molecular weight excluding hydrogens is 270 g/mol. The smallest absolute Gasteiger partial charge is 0.329 e. The van der Waals surface area contributed by atoms with E-state index in [4.69, 9.17) is 9.47 Å². The molecule has 0 aromatic heterocycles. The molecule has 0 saturated carbocycles. The molecule has 5 heteroatoms. The lowest BCUT2D eigenvalue weighted by Gasteiger charge is -2.28. The van der Waals surface area contributed by atoms with E-state index in [1.54, 1.807) is 0 Å². The summed E-state index contributed by atoms with van der Waals surface area (Å²) in [5.74, 6) is -0.620. The molecular formula is C16H29NO4. The molecule has 0 spiro atoms. The molecule has 0 bridgehead atoms. The monoisotopic (exact) mass is 299 g/mol. The van der Waals surface area contributed by atoms with Gasteiger partial charge in [-0.2, -0.15) is 0 Å². The Morgan fingerprint density at radius 1 is 1.38 bits per heavy atom. The molecule has 1 amide bonds. The van der Waals surface area contributed by atoms with E-state index in [2.05, 4.69) is 5.32 Å². The van der Waals surface area contributed by atoms with E-state index in [0.717, 1.165) is 6.42 Å². The van der Waals surface area contributed by atoms with Crippen molar-refractivity contribution in [3.63, 3.8) is 0 Å². The Labute approximate surface area is 127 Å². The summed E-state index contributed by atoms with van der Waals surface area (Å²) in [6, 6.07) is -0.599. The number of rotatable bonds is 5. The zero-order chi connectivity index (χ0) is 16.2. The van der Waals surface area contributed by atoms with Crippen molar-refractivity contribution in [1.29, 1.82) is 0 Å². The van der Waals surface area contributed by atoms with E-state index in [9.17, 15) is 9.59 Å². The van der Waals surface area contributed by atoms with Crippen molar-refractivity contribution >= 4 is 11.9 Å². The van der Waals surface area contributed by atoms with Crippen LogP contribution in [0.3, 0.4) is 0 Å². The van der Waals surface area contributed by atoms with Crippen molar-refractivity contribution in [2.45, 2.75) is 72.1 Å². The third-order valence-electron chi connectivity index (χ3n) is 3.74. The van der Waals surface area contributed by atoms with Gasteiger partial charge in [-0.3, -0.25) is 4.79 Å². The van der Waals surface area contributed by atoms with Gasteiger partial charge in [0.2, 0.25) is 5.91 Å². The molecule has 0 aromatic rings. The largest absolute Gasteiger partial charge is 0.458 e. The highest BCUT2D eigenvalue weighted by molar-refractivity contribution is 5.86. The normalized spacial score (nSPS) is 25.2. The first kappa shape index (κ1) is 18.0. The van der Waals surface area contributed by atoms with E-state index >= 15 is 0 Å². The maximum absolute atomic E-state index is 12.3. The topological polar surface area (TPSA) is 64.6 Å². The van der Waals surface area contributed by atoms with Gasteiger partial charge in [0, 0.05) is 0 Å². The number of esters is 1. The molecule has 1 saturated heterocycles. The molecule has 4 atom stereocenters. The maximum Gasteiger partial charge on any atom is 0.329 e. The number of amides is 1. The minimum absolute atomic E-state index is 0.0311. The summed E-state index contributed by atoms with van der Waals surface area (Å²) >= 11 is 0. The first-order chi connectivity index (χ1) is 9.64. The van der Waals surface area contributed by atoms with E-state index in [1.807, 2.05) is 41.5 Å². The lowest BCUT2D eigenvalue weighted by atomic mass is 9.97. The quantitative estimate of drug-likeness (QED) is 0.791. The summed E-state index contributed by atoms with van der Waals surface area (Å²) in [4.78, 5) is 24.6. The molecule has 0 aromatic carbocycles. The van der Waals surface area contributed by atoms with Gasteiger partial charge in [0.1, 0.15) is 11.6 Å². The van der Waals surface area contributed by atoms with Crippen molar-refractivity contribution < 1.29 is 19.1 Å². The summed E-state index contributed by atoms with van der Waals surface area (Å²) in [6.07, 6.45) is 1.60. The molecule has 1 heterocycles. The highest BCUT2D eigenvalue weighted by Crippen LogP contribution is 2.21. The predicted molar refractivity (Wildman–Crippen MR) is 80.8 cm³/mol. The SMILES string of the molecule is CC[C@H](C)[C@H](NC(=O)C1COC(C)C1)C(=O)OC(C)(C)C. The molecule has 1 aliphatic rings. The van der Waals surface area contributed by atoms with Gasteiger partial charge in [-0.15, -0.1) is 0 Å². The van der Waals surface area contributed by atoms with Crippen LogP contribution < -0.4 is 5.32 Å². The number of hydrogen-bond donors (Lipinski definition) is 1. The number of carbonyl (C=O) groups is 2. The van der Waals surface area contributed by atoms with Gasteiger partial charge in [0.05, 0.1) is 18.6 Å². The molecule has 21 heavy (non-hydrogen) atoms. The lowest BCUT2D eigenvalue weighted by Crippen LogP contribution is -2.49. The van der Waals surface area contributed by atoms with Crippen molar-refractivity contribution in [2.75, 3.05) is 6.61 Å².